The summed E-state index contributed by atoms with van der Waals surface area (Å²) in [5.74, 6) is -0.213. The number of benzene rings is 1. The smallest absolute Gasteiger partial charge is 0.251 e. The first kappa shape index (κ1) is 13.3. The van der Waals surface area contributed by atoms with Gasteiger partial charge in [-0.25, -0.2) is 0 Å². The molecule has 0 unspecified atom stereocenters. The topological polar surface area (TPSA) is 63.2 Å². The van der Waals surface area contributed by atoms with Crippen LogP contribution in [-0.2, 0) is 10.7 Å². The average molecular weight is 252 g/mol. The maximum atomic E-state index is 11.7. The summed E-state index contributed by atoms with van der Waals surface area (Å²) in [6.45, 7) is 4.31. The van der Waals surface area contributed by atoms with E-state index in [9.17, 15) is 13.2 Å². The quantitative estimate of drug-likeness (QED) is 0.828. The summed E-state index contributed by atoms with van der Waals surface area (Å²) in [6, 6.07) is 5.79. The SMILES string of the molecule is C/C=C(\C)CNC(=O)c1ccc([S](=O)=O)cc1. The van der Waals surface area contributed by atoms with Gasteiger partial charge in [0.1, 0.15) is 0 Å². The van der Waals surface area contributed by atoms with Crippen molar-refractivity contribution >= 4 is 16.6 Å². The van der Waals surface area contributed by atoms with Crippen LogP contribution in [0.4, 0.5) is 0 Å². The van der Waals surface area contributed by atoms with Crippen LogP contribution in [0.3, 0.4) is 0 Å². The molecule has 4 nitrogen and oxygen atoms in total. The van der Waals surface area contributed by atoms with Crippen LogP contribution in [-0.4, -0.2) is 20.9 Å². The zero-order chi connectivity index (χ0) is 12.8. The Bertz CT molecular complexity index is 493. The van der Waals surface area contributed by atoms with Crippen LogP contribution >= 0.6 is 0 Å². The molecule has 0 aliphatic rings. The number of allylic oxidation sites excluding steroid dienone is 1. The lowest BCUT2D eigenvalue weighted by Crippen LogP contribution is -2.24. The van der Waals surface area contributed by atoms with Crippen LogP contribution < -0.4 is 5.32 Å². The number of hydrogen-bond acceptors (Lipinski definition) is 3. The van der Waals surface area contributed by atoms with Gasteiger partial charge in [-0.2, -0.15) is 8.42 Å². The van der Waals surface area contributed by atoms with E-state index in [4.69, 9.17) is 0 Å². The number of carbonyl (C=O) groups excluding carboxylic acids is 1. The van der Waals surface area contributed by atoms with Crippen molar-refractivity contribution in [3.8, 4) is 0 Å². The van der Waals surface area contributed by atoms with Gasteiger partial charge >= 0.3 is 0 Å². The van der Waals surface area contributed by atoms with E-state index in [1.807, 2.05) is 19.9 Å². The van der Waals surface area contributed by atoms with Crippen LogP contribution in [0.25, 0.3) is 0 Å². The molecule has 1 rings (SSSR count). The summed E-state index contributed by atoms with van der Waals surface area (Å²) < 4.78 is 21.3. The Hall–Kier alpha value is -1.75. The van der Waals surface area contributed by atoms with Crippen molar-refractivity contribution in [3.05, 3.63) is 41.5 Å². The summed E-state index contributed by atoms with van der Waals surface area (Å²) in [6.07, 6.45) is 1.92. The summed E-state index contributed by atoms with van der Waals surface area (Å²) in [5.41, 5.74) is 1.51. The maximum Gasteiger partial charge on any atom is 0.251 e. The van der Waals surface area contributed by atoms with Crippen molar-refractivity contribution in [2.75, 3.05) is 6.54 Å². The fraction of sp³-hybridized carbons (Fsp3) is 0.250. The van der Waals surface area contributed by atoms with Crippen molar-refractivity contribution in [2.24, 2.45) is 0 Å². The van der Waals surface area contributed by atoms with E-state index >= 15 is 0 Å². The summed E-state index contributed by atoms with van der Waals surface area (Å²) in [4.78, 5) is 11.8. The molecule has 0 spiro atoms. The van der Waals surface area contributed by atoms with Gasteiger partial charge in [0.05, 0.1) is 4.90 Å². The van der Waals surface area contributed by atoms with Crippen molar-refractivity contribution in [1.82, 2.24) is 5.32 Å². The Morgan fingerprint density at radius 1 is 1.29 bits per heavy atom. The standard InChI is InChI=1S/C12H14NO3S/c1-3-9(2)8-13-12(14)10-4-6-11(7-5-10)17(15)16/h3-7H,8H2,1-2H3,(H,13,14)/b9-3+. The zero-order valence-corrected chi connectivity index (χ0v) is 10.5. The van der Waals surface area contributed by atoms with E-state index in [1.54, 1.807) is 0 Å². The number of hydrogen-bond donors (Lipinski definition) is 1. The zero-order valence-electron chi connectivity index (χ0n) is 9.73. The molecule has 91 valence electrons. The van der Waals surface area contributed by atoms with Crippen LogP contribution in [0.5, 0.6) is 0 Å². The Labute approximate surface area is 102 Å². The summed E-state index contributed by atoms with van der Waals surface area (Å²) in [7, 11) is -2.25. The van der Waals surface area contributed by atoms with Gasteiger partial charge in [0.25, 0.3) is 5.91 Å². The lowest BCUT2D eigenvalue weighted by Gasteiger charge is -2.05. The molecule has 1 aromatic rings. The molecule has 5 heteroatoms. The molecule has 1 amide bonds. The molecule has 0 fully saturated rings. The van der Waals surface area contributed by atoms with Crippen LogP contribution in [0, 0.1) is 0 Å². The van der Waals surface area contributed by atoms with Gasteiger partial charge in [-0.15, -0.1) is 0 Å². The Morgan fingerprint density at radius 3 is 2.35 bits per heavy atom. The lowest BCUT2D eigenvalue weighted by atomic mass is 10.2. The Morgan fingerprint density at radius 2 is 1.88 bits per heavy atom. The van der Waals surface area contributed by atoms with Crippen molar-refractivity contribution in [1.29, 1.82) is 0 Å². The minimum atomic E-state index is -2.25. The maximum absolute atomic E-state index is 11.7. The highest BCUT2D eigenvalue weighted by molar-refractivity contribution is 7.72. The molecule has 1 aromatic carbocycles. The molecule has 0 heterocycles. The molecule has 0 aromatic heterocycles. The Balaban J connectivity index is 2.70. The minimum absolute atomic E-state index is 0.172. The van der Waals surface area contributed by atoms with Crippen molar-refractivity contribution < 1.29 is 13.2 Å². The van der Waals surface area contributed by atoms with E-state index < -0.39 is 10.7 Å². The largest absolute Gasteiger partial charge is 0.348 e. The first-order valence-electron chi connectivity index (χ1n) is 5.14. The second-order valence-corrected chi connectivity index (χ2v) is 4.52. The molecular weight excluding hydrogens is 238 g/mol. The molecule has 1 N–H and O–H groups in total. The van der Waals surface area contributed by atoms with Gasteiger partial charge in [0, 0.05) is 12.1 Å². The van der Waals surface area contributed by atoms with Gasteiger partial charge in [-0.1, -0.05) is 11.6 Å². The number of nitrogens with one attached hydrogen (secondary N) is 1. The monoisotopic (exact) mass is 252 g/mol. The van der Waals surface area contributed by atoms with Gasteiger partial charge in [0.2, 0.25) is 10.7 Å². The Kier molecular flexibility index (Phi) is 4.78. The first-order chi connectivity index (χ1) is 8.04. The van der Waals surface area contributed by atoms with Crippen molar-refractivity contribution in [3.63, 3.8) is 0 Å². The van der Waals surface area contributed by atoms with Crippen LogP contribution in [0.15, 0.2) is 40.8 Å². The van der Waals surface area contributed by atoms with Crippen LogP contribution in [0.2, 0.25) is 0 Å². The van der Waals surface area contributed by atoms with E-state index in [0.717, 1.165) is 5.57 Å². The number of rotatable bonds is 4. The molecule has 0 atom stereocenters. The molecule has 17 heavy (non-hydrogen) atoms. The molecule has 0 aliphatic heterocycles. The fourth-order valence-corrected chi connectivity index (χ4v) is 1.50. The fourth-order valence-electron chi connectivity index (χ4n) is 1.14. The molecule has 0 bridgehead atoms. The predicted molar refractivity (Wildman–Crippen MR) is 65.4 cm³/mol. The minimum Gasteiger partial charge on any atom is -0.348 e. The molecule has 0 aliphatic carbocycles. The lowest BCUT2D eigenvalue weighted by molar-refractivity contribution is 0.0957. The van der Waals surface area contributed by atoms with E-state index in [-0.39, 0.29) is 10.8 Å². The van der Waals surface area contributed by atoms with E-state index in [0.29, 0.717) is 12.1 Å². The summed E-state index contributed by atoms with van der Waals surface area (Å²) >= 11 is 0. The predicted octanol–water partition coefficient (Wildman–Crippen LogP) is 1.62. The van der Waals surface area contributed by atoms with Gasteiger partial charge in [-0.05, 0) is 38.1 Å². The second kappa shape index (κ2) is 6.10. The number of amides is 1. The molecule has 1 radical (unpaired) electrons. The third-order valence-corrected chi connectivity index (χ3v) is 2.99. The van der Waals surface area contributed by atoms with Crippen LogP contribution in [0.1, 0.15) is 24.2 Å². The molecular formula is C12H14NO3S. The van der Waals surface area contributed by atoms with Crippen molar-refractivity contribution in [2.45, 2.75) is 18.7 Å². The average Bonchev–Trinajstić information content (AvgIpc) is 2.35. The highest BCUT2D eigenvalue weighted by Crippen LogP contribution is 2.05. The highest BCUT2D eigenvalue weighted by atomic mass is 32.2. The van der Waals surface area contributed by atoms with Gasteiger partial charge < -0.3 is 5.32 Å². The third-order valence-electron chi connectivity index (χ3n) is 2.33. The highest BCUT2D eigenvalue weighted by Gasteiger charge is 2.05. The first-order valence-corrected chi connectivity index (χ1v) is 6.21. The van der Waals surface area contributed by atoms with E-state index in [1.165, 1.54) is 24.3 Å². The third kappa shape index (κ3) is 3.96. The number of carbonyl (C=O) groups is 1. The van der Waals surface area contributed by atoms with Gasteiger partial charge in [0.15, 0.2) is 0 Å². The molecule has 0 saturated heterocycles. The molecule has 0 saturated carbocycles. The van der Waals surface area contributed by atoms with E-state index in [2.05, 4.69) is 5.32 Å². The second-order valence-electron chi connectivity index (χ2n) is 3.58. The normalized spacial score (nSPS) is 11.1. The van der Waals surface area contributed by atoms with Gasteiger partial charge in [-0.3, -0.25) is 4.79 Å². The summed E-state index contributed by atoms with van der Waals surface area (Å²) in [5, 5.41) is 2.74.